The monoisotopic (exact) mass is 860 g/mol. The quantitative estimate of drug-likeness (QED) is 0.0827. The number of carbonyl (C=O) groups is 3. The summed E-state index contributed by atoms with van der Waals surface area (Å²) >= 11 is 3.69. The van der Waals surface area contributed by atoms with Crippen molar-refractivity contribution in [2.75, 3.05) is 36.2 Å². The summed E-state index contributed by atoms with van der Waals surface area (Å²) in [6, 6.07) is 37.9. The molecular formula is C46H49BrN4O6Si. The van der Waals surface area contributed by atoms with E-state index in [0.717, 1.165) is 37.8 Å². The van der Waals surface area contributed by atoms with Crippen LogP contribution in [0.25, 0.3) is 0 Å². The van der Waals surface area contributed by atoms with Gasteiger partial charge in [0.2, 0.25) is 5.91 Å². The molecule has 0 saturated carbocycles. The van der Waals surface area contributed by atoms with Crippen molar-refractivity contribution in [2.24, 2.45) is 5.92 Å². The third-order valence-corrected chi connectivity index (χ3v) is 16.7. The minimum Gasteiger partial charge on any atom is -0.497 e. The molecule has 4 N–H and O–H groups in total. The first-order chi connectivity index (χ1) is 27.8. The van der Waals surface area contributed by atoms with Crippen LogP contribution in [-0.4, -0.2) is 62.2 Å². The number of nitrogen functional groups attached to an aromatic ring is 1. The first kappa shape index (κ1) is 40.9. The summed E-state index contributed by atoms with van der Waals surface area (Å²) in [5.74, 6) is -0.187. The summed E-state index contributed by atoms with van der Waals surface area (Å²) in [5, 5.41) is 14.2. The highest BCUT2D eigenvalue weighted by Crippen LogP contribution is 2.60. The SMILES string of the molecule is COc1ccc([Si](C)(C)[C@@H]2[C@@H](CC(=O)N(CCO)Cc3ccccc3)O[C@]3(C(=O)N(Cc4cccc(NC(=O)c5ccc(N)cc5)c4)c4ccc(Br)cc43)[C@H]2C)cc1. The Labute approximate surface area is 349 Å². The number of ether oxygens (including phenoxy) is 2. The van der Waals surface area contributed by atoms with E-state index in [-0.39, 0.29) is 55.3 Å². The molecule has 300 valence electrons. The van der Waals surface area contributed by atoms with Crippen LogP contribution in [0, 0.1) is 5.92 Å². The van der Waals surface area contributed by atoms with Crippen LogP contribution in [0.2, 0.25) is 18.6 Å². The first-order valence-electron chi connectivity index (χ1n) is 19.5. The second-order valence-electron chi connectivity index (χ2n) is 15.7. The Balaban J connectivity index is 1.24. The summed E-state index contributed by atoms with van der Waals surface area (Å²) in [7, 11) is -0.898. The lowest BCUT2D eigenvalue weighted by atomic mass is 9.82. The van der Waals surface area contributed by atoms with Crippen LogP contribution in [0.4, 0.5) is 17.1 Å². The number of benzene rings is 5. The molecule has 0 radical (unpaired) electrons. The summed E-state index contributed by atoms with van der Waals surface area (Å²) in [5.41, 5.74) is 9.18. The van der Waals surface area contributed by atoms with Gasteiger partial charge >= 0.3 is 0 Å². The van der Waals surface area contributed by atoms with Crippen molar-refractivity contribution >= 4 is 64.0 Å². The predicted molar refractivity (Wildman–Crippen MR) is 234 cm³/mol. The van der Waals surface area contributed by atoms with Crippen molar-refractivity contribution in [3.8, 4) is 5.75 Å². The maximum atomic E-state index is 15.4. The van der Waals surface area contributed by atoms with Crippen molar-refractivity contribution in [1.82, 2.24) is 4.90 Å². The molecule has 12 heteroatoms. The van der Waals surface area contributed by atoms with Crippen LogP contribution < -0.4 is 25.9 Å². The van der Waals surface area contributed by atoms with Crippen LogP contribution in [0.1, 0.15) is 40.4 Å². The highest BCUT2D eigenvalue weighted by atomic mass is 79.9. The van der Waals surface area contributed by atoms with Crippen LogP contribution in [-0.2, 0) is 33.0 Å². The first-order valence-corrected chi connectivity index (χ1v) is 23.4. The van der Waals surface area contributed by atoms with E-state index in [4.69, 9.17) is 15.2 Å². The van der Waals surface area contributed by atoms with Crippen molar-refractivity contribution in [3.05, 3.63) is 148 Å². The van der Waals surface area contributed by atoms with Crippen molar-refractivity contribution < 1.29 is 29.0 Å². The van der Waals surface area contributed by atoms with Gasteiger partial charge in [-0.1, -0.05) is 95.7 Å². The lowest BCUT2D eigenvalue weighted by Crippen LogP contribution is -2.52. The Hall–Kier alpha value is -5.27. The molecule has 2 aliphatic rings. The van der Waals surface area contributed by atoms with Gasteiger partial charge in [0.1, 0.15) is 5.75 Å². The maximum Gasteiger partial charge on any atom is 0.264 e. The fraction of sp³-hybridized carbons (Fsp3) is 0.283. The number of aliphatic hydroxyl groups excluding tert-OH is 1. The fourth-order valence-electron chi connectivity index (χ4n) is 8.93. The third-order valence-electron chi connectivity index (χ3n) is 11.8. The zero-order valence-electron chi connectivity index (χ0n) is 33.2. The molecule has 0 bridgehead atoms. The molecule has 3 amide bonds. The maximum absolute atomic E-state index is 15.4. The van der Waals surface area contributed by atoms with E-state index in [1.807, 2.05) is 84.9 Å². The van der Waals surface area contributed by atoms with E-state index in [2.05, 4.69) is 53.4 Å². The van der Waals surface area contributed by atoms with Gasteiger partial charge in [0, 0.05) is 46.0 Å². The summed E-state index contributed by atoms with van der Waals surface area (Å²) in [4.78, 5) is 46.3. The second-order valence-corrected chi connectivity index (χ2v) is 21.3. The summed E-state index contributed by atoms with van der Waals surface area (Å²) in [6.45, 7) is 7.24. The molecule has 1 fully saturated rings. The van der Waals surface area contributed by atoms with E-state index in [1.54, 1.807) is 41.2 Å². The summed E-state index contributed by atoms with van der Waals surface area (Å²) in [6.07, 6.45) is -0.562. The normalized spacial score (nSPS) is 19.9. The minimum absolute atomic E-state index is 0.0442. The van der Waals surface area contributed by atoms with Crippen LogP contribution in [0.15, 0.2) is 126 Å². The topological polar surface area (TPSA) is 134 Å². The molecule has 2 aliphatic heterocycles. The lowest BCUT2D eigenvalue weighted by Gasteiger charge is -2.37. The number of hydrogen-bond donors (Lipinski definition) is 3. The molecule has 5 aromatic rings. The number of nitrogens with one attached hydrogen (secondary N) is 1. The van der Waals surface area contributed by atoms with Gasteiger partial charge in [0.25, 0.3) is 11.8 Å². The number of carbonyl (C=O) groups excluding carboxylic acids is 3. The molecule has 0 unspecified atom stereocenters. The molecule has 2 heterocycles. The highest BCUT2D eigenvalue weighted by Gasteiger charge is 2.66. The Morgan fingerprint density at radius 1 is 0.948 bits per heavy atom. The Kier molecular flexibility index (Phi) is 11.9. The lowest BCUT2D eigenvalue weighted by molar-refractivity contribution is -0.150. The molecule has 5 aromatic carbocycles. The smallest absolute Gasteiger partial charge is 0.264 e. The van der Waals surface area contributed by atoms with Gasteiger partial charge in [-0.15, -0.1) is 0 Å². The number of nitrogens with two attached hydrogens (primary N) is 1. The Bertz CT molecular complexity index is 2290. The van der Waals surface area contributed by atoms with Gasteiger partial charge in [-0.2, -0.15) is 0 Å². The molecule has 0 aliphatic carbocycles. The van der Waals surface area contributed by atoms with Crippen molar-refractivity contribution in [2.45, 2.75) is 56.8 Å². The fourth-order valence-corrected chi connectivity index (χ4v) is 13.3. The number of fused-ring (bicyclic) bond motifs is 2. The number of amides is 3. The zero-order chi connectivity index (χ0) is 41.2. The van der Waals surface area contributed by atoms with Crippen LogP contribution in [0.5, 0.6) is 5.75 Å². The Morgan fingerprint density at radius 2 is 1.66 bits per heavy atom. The number of halogens is 1. The molecule has 1 spiro atoms. The van der Waals surface area contributed by atoms with Crippen molar-refractivity contribution in [1.29, 1.82) is 0 Å². The molecule has 10 nitrogen and oxygen atoms in total. The van der Waals surface area contributed by atoms with Gasteiger partial charge in [-0.25, -0.2) is 0 Å². The predicted octanol–water partition coefficient (Wildman–Crippen LogP) is 7.47. The standard InChI is InChI=1S/C46H49BrN4O6Si/c1-30-43(58(3,4)38-20-18-37(56-2)19-21-38)41(27-42(53)50(23-24-52)28-31-9-6-5-7-10-31)57-46(30)39-26-34(47)15-22-40(39)51(45(46)55)29-32-11-8-12-36(25-32)49-44(54)33-13-16-35(48)17-14-33/h5-22,25-26,30,41,43,52H,23-24,27-29,48H2,1-4H3,(H,49,54)/t30-,41+,43-,46+/m0/s1. The molecule has 58 heavy (non-hydrogen) atoms. The van der Waals surface area contributed by atoms with Gasteiger partial charge in [0.15, 0.2) is 5.60 Å². The minimum atomic E-state index is -2.54. The number of nitrogens with zero attached hydrogens (tertiary/aromatic N) is 2. The van der Waals surface area contributed by atoms with Gasteiger partial charge in [-0.05, 0) is 83.4 Å². The van der Waals surface area contributed by atoms with E-state index in [1.165, 1.54) is 0 Å². The number of hydrogen-bond acceptors (Lipinski definition) is 7. The van der Waals surface area contributed by atoms with Gasteiger partial charge in [-0.3, -0.25) is 14.4 Å². The number of methoxy groups -OCH3 is 1. The van der Waals surface area contributed by atoms with E-state index in [0.29, 0.717) is 23.5 Å². The van der Waals surface area contributed by atoms with E-state index >= 15 is 4.79 Å². The van der Waals surface area contributed by atoms with Gasteiger partial charge < -0.3 is 35.4 Å². The molecule has 0 aromatic heterocycles. The van der Waals surface area contributed by atoms with Crippen molar-refractivity contribution in [3.63, 3.8) is 0 Å². The van der Waals surface area contributed by atoms with Crippen LogP contribution >= 0.6 is 15.9 Å². The zero-order valence-corrected chi connectivity index (χ0v) is 35.7. The number of rotatable bonds is 13. The second kappa shape index (κ2) is 16.9. The third kappa shape index (κ3) is 7.94. The van der Waals surface area contributed by atoms with E-state index in [9.17, 15) is 14.7 Å². The van der Waals surface area contributed by atoms with Crippen LogP contribution in [0.3, 0.4) is 0 Å². The molecule has 7 rings (SSSR count). The number of aliphatic hydroxyl groups is 1. The molecule has 4 atom stereocenters. The highest BCUT2D eigenvalue weighted by molar-refractivity contribution is 9.10. The van der Waals surface area contributed by atoms with E-state index < -0.39 is 19.8 Å². The summed E-state index contributed by atoms with van der Waals surface area (Å²) < 4.78 is 13.6. The molecular weight excluding hydrogens is 813 g/mol. The number of anilines is 3. The average Bonchev–Trinajstić information content (AvgIpc) is 3.64. The Morgan fingerprint density at radius 3 is 2.34 bits per heavy atom. The average molecular weight is 862 g/mol. The van der Waals surface area contributed by atoms with Gasteiger partial charge in [0.05, 0.1) is 46.5 Å². The largest absolute Gasteiger partial charge is 0.497 e. The molecule has 1 saturated heterocycles.